The first-order valence-electron chi connectivity index (χ1n) is 6.23. The molecule has 1 fully saturated rings. The van der Waals surface area contributed by atoms with E-state index in [9.17, 15) is 8.78 Å². The van der Waals surface area contributed by atoms with E-state index in [4.69, 9.17) is 5.73 Å². The number of rotatable bonds is 4. The highest BCUT2D eigenvalue weighted by Crippen LogP contribution is 2.31. The molecule has 1 aliphatic rings. The van der Waals surface area contributed by atoms with Gasteiger partial charge in [0, 0.05) is 30.9 Å². The van der Waals surface area contributed by atoms with Crippen LogP contribution in [0.5, 0.6) is 5.75 Å². The van der Waals surface area contributed by atoms with Crippen molar-refractivity contribution in [1.29, 1.82) is 0 Å². The van der Waals surface area contributed by atoms with Crippen molar-refractivity contribution in [2.75, 3.05) is 37.8 Å². The van der Waals surface area contributed by atoms with E-state index in [2.05, 4.69) is 14.5 Å². The number of hydrogen-bond acceptors (Lipinski definition) is 4. The van der Waals surface area contributed by atoms with Gasteiger partial charge >= 0.3 is 6.61 Å². The van der Waals surface area contributed by atoms with E-state index < -0.39 is 6.61 Å². The third-order valence-corrected chi connectivity index (χ3v) is 3.47. The summed E-state index contributed by atoms with van der Waals surface area (Å²) in [5.74, 6) is 0.0424. The number of nitrogens with zero attached hydrogens (tertiary/aromatic N) is 2. The van der Waals surface area contributed by atoms with E-state index in [1.54, 1.807) is 12.1 Å². The highest BCUT2D eigenvalue weighted by atomic mass is 19.3. The molecule has 4 nitrogen and oxygen atoms in total. The predicted molar refractivity (Wildman–Crippen MR) is 71.8 cm³/mol. The molecule has 0 saturated carbocycles. The Hall–Kier alpha value is -1.56. The van der Waals surface area contributed by atoms with Crippen LogP contribution in [0.3, 0.4) is 0 Å². The van der Waals surface area contributed by atoms with E-state index in [0.717, 1.165) is 25.2 Å². The Balaban J connectivity index is 2.13. The fourth-order valence-electron chi connectivity index (χ4n) is 2.32. The second-order valence-corrected chi connectivity index (χ2v) is 4.95. The van der Waals surface area contributed by atoms with Crippen LogP contribution in [0.25, 0.3) is 0 Å². The van der Waals surface area contributed by atoms with Crippen LogP contribution in [0.15, 0.2) is 18.2 Å². The maximum Gasteiger partial charge on any atom is 0.387 e. The van der Waals surface area contributed by atoms with Crippen LogP contribution in [0.2, 0.25) is 0 Å². The van der Waals surface area contributed by atoms with Crippen LogP contribution in [0.4, 0.5) is 20.2 Å². The van der Waals surface area contributed by atoms with Gasteiger partial charge in [-0.25, -0.2) is 0 Å². The lowest BCUT2D eigenvalue weighted by molar-refractivity contribution is -0.0493. The molecule has 1 aromatic rings. The Labute approximate surface area is 111 Å². The molecule has 6 heteroatoms. The van der Waals surface area contributed by atoms with Gasteiger partial charge in [0.05, 0.1) is 5.69 Å². The Kier molecular flexibility index (Phi) is 4.09. The molecule has 1 atom stereocenters. The lowest BCUT2D eigenvalue weighted by Crippen LogP contribution is -2.31. The van der Waals surface area contributed by atoms with Crippen LogP contribution in [0.1, 0.15) is 6.42 Å². The summed E-state index contributed by atoms with van der Waals surface area (Å²) in [4.78, 5) is 4.33. The second kappa shape index (κ2) is 5.61. The molecule has 1 unspecified atom stereocenters. The number of nitrogens with two attached hydrogens (primary N) is 1. The Bertz CT molecular complexity index is 440. The van der Waals surface area contributed by atoms with Gasteiger partial charge in [0.1, 0.15) is 0 Å². The Morgan fingerprint density at radius 2 is 2.16 bits per heavy atom. The molecule has 1 aromatic carbocycles. The van der Waals surface area contributed by atoms with Crippen LogP contribution < -0.4 is 15.4 Å². The zero-order valence-electron chi connectivity index (χ0n) is 11.1. The summed E-state index contributed by atoms with van der Waals surface area (Å²) >= 11 is 0. The van der Waals surface area contributed by atoms with Crippen molar-refractivity contribution in [2.45, 2.75) is 19.1 Å². The number of halogens is 2. The summed E-state index contributed by atoms with van der Waals surface area (Å²) in [6.07, 6.45) is 1.06. The molecular formula is C13H19F2N3O. The highest BCUT2D eigenvalue weighted by Gasteiger charge is 2.24. The third kappa shape index (κ3) is 3.26. The number of nitrogen functional groups attached to an aromatic ring is 1. The zero-order chi connectivity index (χ0) is 14.0. The molecular weight excluding hydrogens is 252 g/mol. The van der Waals surface area contributed by atoms with Crippen LogP contribution in [0, 0.1) is 0 Å². The van der Waals surface area contributed by atoms with Gasteiger partial charge in [0.15, 0.2) is 5.75 Å². The quantitative estimate of drug-likeness (QED) is 0.851. The summed E-state index contributed by atoms with van der Waals surface area (Å²) < 4.78 is 29.0. The number of likely N-dealkylation sites (N-methyl/N-ethyl adjacent to an activating group) is 1. The monoisotopic (exact) mass is 271 g/mol. The van der Waals surface area contributed by atoms with E-state index >= 15 is 0 Å². The number of anilines is 2. The summed E-state index contributed by atoms with van der Waals surface area (Å²) in [5.41, 5.74) is 6.73. The molecule has 0 spiro atoms. The molecule has 2 N–H and O–H groups in total. The molecule has 0 radical (unpaired) electrons. The van der Waals surface area contributed by atoms with Gasteiger partial charge in [0.2, 0.25) is 0 Å². The number of benzene rings is 1. The molecule has 2 rings (SSSR count). The zero-order valence-corrected chi connectivity index (χ0v) is 11.1. The molecule has 1 heterocycles. The minimum atomic E-state index is -2.86. The lowest BCUT2D eigenvalue weighted by Gasteiger charge is -2.22. The highest BCUT2D eigenvalue weighted by molar-refractivity contribution is 5.62. The first-order chi connectivity index (χ1) is 8.97. The minimum Gasteiger partial charge on any atom is -0.433 e. The average Bonchev–Trinajstić information content (AvgIpc) is 2.81. The summed E-state index contributed by atoms with van der Waals surface area (Å²) in [6.45, 7) is -1.07. The van der Waals surface area contributed by atoms with Crippen molar-refractivity contribution >= 4 is 11.4 Å². The first-order valence-corrected chi connectivity index (χ1v) is 6.23. The van der Waals surface area contributed by atoms with Crippen molar-refractivity contribution in [1.82, 2.24) is 4.90 Å². The van der Waals surface area contributed by atoms with Gasteiger partial charge in [-0.2, -0.15) is 8.78 Å². The van der Waals surface area contributed by atoms with E-state index in [1.165, 1.54) is 0 Å². The largest absolute Gasteiger partial charge is 0.433 e. The summed E-state index contributed by atoms with van der Waals surface area (Å²) in [5, 5.41) is 0. The molecule has 106 valence electrons. The van der Waals surface area contributed by atoms with Crippen molar-refractivity contribution in [3.63, 3.8) is 0 Å². The Morgan fingerprint density at radius 3 is 2.74 bits per heavy atom. The van der Waals surface area contributed by atoms with E-state index in [0.29, 0.717) is 6.04 Å². The summed E-state index contributed by atoms with van der Waals surface area (Å²) in [6, 6.07) is 5.51. The number of hydrogen-bond donors (Lipinski definition) is 1. The van der Waals surface area contributed by atoms with Crippen molar-refractivity contribution in [2.24, 2.45) is 0 Å². The molecule has 0 amide bonds. The van der Waals surface area contributed by atoms with Crippen LogP contribution in [-0.2, 0) is 0 Å². The SMILES string of the molecule is CN(C)C1CCN(c2ccc(N)c(OC(F)F)c2)C1. The maximum atomic E-state index is 12.3. The van der Waals surface area contributed by atoms with Crippen LogP contribution in [-0.4, -0.2) is 44.7 Å². The normalized spacial score (nSPS) is 19.5. The van der Waals surface area contributed by atoms with Crippen molar-refractivity contribution < 1.29 is 13.5 Å². The minimum absolute atomic E-state index is 0.0424. The van der Waals surface area contributed by atoms with Gasteiger partial charge < -0.3 is 20.3 Å². The van der Waals surface area contributed by atoms with Crippen molar-refractivity contribution in [3.05, 3.63) is 18.2 Å². The second-order valence-electron chi connectivity index (χ2n) is 4.95. The van der Waals surface area contributed by atoms with E-state index in [-0.39, 0.29) is 11.4 Å². The fraction of sp³-hybridized carbons (Fsp3) is 0.538. The van der Waals surface area contributed by atoms with Crippen molar-refractivity contribution in [3.8, 4) is 5.75 Å². The lowest BCUT2D eigenvalue weighted by atomic mass is 10.2. The topological polar surface area (TPSA) is 41.7 Å². The fourth-order valence-corrected chi connectivity index (χ4v) is 2.32. The molecule has 1 saturated heterocycles. The smallest absolute Gasteiger partial charge is 0.387 e. The molecule has 0 bridgehead atoms. The number of alkyl halides is 2. The summed E-state index contributed by atoms with van der Waals surface area (Å²) in [7, 11) is 4.09. The van der Waals surface area contributed by atoms with Gasteiger partial charge in [0.25, 0.3) is 0 Å². The van der Waals surface area contributed by atoms with Crippen LogP contribution >= 0.6 is 0 Å². The van der Waals surface area contributed by atoms with E-state index in [1.807, 2.05) is 20.2 Å². The van der Waals surface area contributed by atoms with Gasteiger partial charge in [-0.3, -0.25) is 0 Å². The number of ether oxygens (including phenoxy) is 1. The predicted octanol–water partition coefficient (Wildman–Crippen LogP) is 2.01. The standard InChI is InChI=1S/C13H19F2N3O/c1-17(2)10-5-6-18(8-10)9-3-4-11(16)12(7-9)19-13(14)15/h3-4,7,10,13H,5-6,8,16H2,1-2H3. The molecule has 1 aliphatic heterocycles. The maximum absolute atomic E-state index is 12.3. The average molecular weight is 271 g/mol. The molecule has 0 aliphatic carbocycles. The Morgan fingerprint density at radius 1 is 1.42 bits per heavy atom. The van der Waals surface area contributed by atoms with Gasteiger partial charge in [-0.15, -0.1) is 0 Å². The van der Waals surface area contributed by atoms with Gasteiger partial charge in [-0.1, -0.05) is 0 Å². The third-order valence-electron chi connectivity index (χ3n) is 3.47. The molecule has 0 aromatic heterocycles. The van der Waals surface area contributed by atoms with Gasteiger partial charge in [-0.05, 0) is 32.6 Å². The first kappa shape index (κ1) is 13.9. The molecule has 19 heavy (non-hydrogen) atoms.